The van der Waals surface area contributed by atoms with Crippen LogP contribution in [0.4, 0.5) is 17.6 Å². The van der Waals surface area contributed by atoms with Crippen molar-refractivity contribution < 1.29 is 27.1 Å². The summed E-state index contributed by atoms with van der Waals surface area (Å²) < 4.78 is 52.9. The number of esters is 1. The van der Waals surface area contributed by atoms with E-state index < -0.39 is 24.2 Å². The van der Waals surface area contributed by atoms with Gasteiger partial charge in [0.2, 0.25) is 0 Å². The molecule has 2 N–H and O–H groups in total. The summed E-state index contributed by atoms with van der Waals surface area (Å²) in [5.41, 5.74) is 7.19. The second-order valence-corrected chi connectivity index (χ2v) is 4.35. The fraction of sp³-hybridized carbons (Fsp3) is 0.308. The Labute approximate surface area is 123 Å². The van der Waals surface area contributed by atoms with Gasteiger partial charge >= 0.3 is 12.1 Å². The van der Waals surface area contributed by atoms with Crippen LogP contribution in [0.5, 0.6) is 0 Å². The van der Waals surface area contributed by atoms with Crippen LogP contribution in [0.2, 0.25) is 0 Å². The van der Waals surface area contributed by atoms with E-state index >= 15 is 0 Å². The summed E-state index contributed by atoms with van der Waals surface area (Å²) in [6.07, 6.45) is -6.18. The van der Waals surface area contributed by atoms with Crippen molar-refractivity contribution >= 4 is 17.6 Å². The molecule has 1 aromatic carbocycles. The molecule has 0 saturated heterocycles. The van der Waals surface area contributed by atoms with E-state index in [0.717, 1.165) is 11.1 Å². The van der Waals surface area contributed by atoms with Crippen LogP contribution in [-0.2, 0) is 16.0 Å². The van der Waals surface area contributed by atoms with Gasteiger partial charge in [-0.15, -0.1) is 0 Å². The van der Waals surface area contributed by atoms with Crippen LogP contribution >= 0.6 is 11.6 Å². The number of carbonyl (C=O) groups excluding carboxylic acids is 1. The van der Waals surface area contributed by atoms with Crippen molar-refractivity contribution in [1.82, 2.24) is 0 Å². The lowest BCUT2D eigenvalue weighted by atomic mass is 10.0. The van der Waals surface area contributed by atoms with Crippen LogP contribution in [-0.4, -0.2) is 18.4 Å². The smallest absolute Gasteiger partial charge is 0.436 e. The molecule has 0 bridgehead atoms. The van der Waals surface area contributed by atoms with Crippen LogP contribution < -0.4 is 5.73 Å². The van der Waals surface area contributed by atoms with Gasteiger partial charge < -0.3 is 4.74 Å². The largest absolute Gasteiger partial charge is 0.490 e. The predicted octanol–water partition coefficient (Wildman–Crippen LogP) is 3.27. The lowest BCUT2D eigenvalue weighted by Gasteiger charge is -2.17. The molecule has 0 radical (unpaired) electrons. The van der Waals surface area contributed by atoms with Crippen molar-refractivity contribution in [3.8, 4) is 0 Å². The zero-order chi connectivity index (χ0) is 16.0. The fourth-order valence-corrected chi connectivity index (χ4v) is 1.69. The van der Waals surface area contributed by atoms with Gasteiger partial charge in [0.25, 0.3) is 0 Å². The standard InChI is InChI=1S/C13H12ClF4NO2/c14-7-9(11(19)21-12(20)13(16,17)18)4-1-8-2-5-10(15)6-3-8/h2-3,5-7,11H,1,4,19H2/b9-7+. The van der Waals surface area contributed by atoms with Gasteiger partial charge in [-0.05, 0) is 36.1 Å². The zero-order valence-corrected chi connectivity index (χ0v) is 11.4. The third-order valence-corrected chi connectivity index (χ3v) is 2.87. The molecule has 1 rings (SSSR count). The number of hydrogen-bond donors (Lipinski definition) is 1. The topological polar surface area (TPSA) is 52.3 Å². The Kier molecular flexibility index (Phi) is 6.17. The molecule has 116 valence electrons. The highest BCUT2D eigenvalue weighted by Crippen LogP contribution is 2.20. The minimum Gasteiger partial charge on any atom is -0.436 e. The third kappa shape index (κ3) is 5.73. The fourth-order valence-electron chi connectivity index (χ4n) is 1.46. The van der Waals surface area contributed by atoms with Crippen molar-refractivity contribution in [3.63, 3.8) is 0 Å². The van der Waals surface area contributed by atoms with E-state index in [0.29, 0.717) is 6.42 Å². The number of ether oxygens (including phenoxy) is 1. The van der Waals surface area contributed by atoms with E-state index in [1.807, 2.05) is 0 Å². The highest BCUT2D eigenvalue weighted by atomic mass is 35.5. The molecule has 0 aliphatic carbocycles. The molecule has 0 heterocycles. The first-order valence-corrected chi connectivity index (χ1v) is 6.24. The Bertz CT molecular complexity index is 514. The first-order chi connectivity index (χ1) is 9.74. The number of carbonyl (C=O) groups is 1. The number of nitrogens with two attached hydrogens (primary N) is 1. The van der Waals surface area contributed by atoms with Crippen LogP contribution in [0.1, 0.15) is 12.0 Å². The minimum absolute atomic E-state index is 0.124. The Morgan fingerprint density at radius 2 is 1.90 bits per heavy atom. The molecule has 0 fully saturated rings. The molecule has 0 aliphatic heterocycles. The third-order valence-electron chi connectivity index (χ3n) is 2.59. The van der Waals surface area contributed by atoms with Gasteiger partial charge in [-0.1, -0.05) is 23.7 Å². The highest BCUT2D eigenvalue weighted by molar-refractivity contribution is 6.25. The maximum absolute atomic E-state index is 12.7. The van der Waals surface area contributed by atoms with Gasteiger partial charge in [-0.3, -0.25) is 5.73 Å². The van der Waals surface area contributed by atoms with Crippen LogP contribution in [0.15, 0.2) is 35.4 Å². The number of benzene rings is 1. The number of aryl methyl sites for hydroxylation is 1. The van der Waals surface area contributed by atoms with E-state index in [1.54, 1.807) is 0 Å². The Hall–Kier alpha value is -1.60. The summed E-state index contributed by atoms with van der Waals surface area (Å²) in [6, 6.07) is 5.55. The van der Waals surface area contributed by atoms with Gasteiger partial charge in [0.15, 0.2) is 6.23 Å². The van der Waals surface area contributed by atoms with Gasteiger partial charge in [-0.25, -0.2) is 9.18 Å². The number of rotatable bonds is 5. The normalized spacial score (nSPS) is 13.9. The summed E-state index contributed by atoms with van der Waals surface area (Å²) in [7, 11) is 0. The molecule has 0 spiro atoms. The average molecular weight is 326 g/mol. The molecule has 0 aromatic heterocycles. The number of halogens is 5. The Morgan fingerprint density at radius 3 is 2.38 bits per heavy atom. The van der Waals surface area contributed by atoms with E-state index in [2.05, 4.69) is 4.74 Å². The second kappa shape index (κ2) is 7.42. The van der Waals surface area contributed by atoms with Crippen LogP contribution in [0, 0.1) is 5.82 Å². The van der Waals surface area contributed by atoms with Crippen molar-refractivity contribution in [3.05, 3.63) is 46.8 Å². The van der Waals surface area contributed by atoms with Crippen molar-refractivity contribution in [2.75, 3.05) is 0 Å². The van der Waals surface area contributed by atoms with Crippen LogP contribution in [0.25, 0.3) is 0 Å². The summed E-state index contributed by atoms with van der Waals surface area (Å²) in [5.74, 6) is -2.78. The molecule has 3 nitrogen and oxygen atoms in total. The van der Waals surface area contributed by atoms with Crippen molar-refractivity contribution in [2.45, 2.75) is 25.2 Å². The Morgan fingerprint density at radius 1 is 1.33 bits per heavy atom. The molecule has 1 atom stereocenters. The highest BCUT2D eigenvalue weighted by Gasteiger charge is 2.42. The molecule has 0 saturated carbocycles. The zero-order valence-electron chi connectivity index (χ0n) is 10.7. The molecular formula is C13H12ClF4NO2. The first-order valence-electron chi connectivity index (χ1n) is 5.81. The summed E-state index contributed by atoms with van der Waals surface area (Å²) in [4.78, 5) is 10.7. The summed E-state index contributed by atoms with van der Waals surface area (Å²) in [6.45, 7) is 0. The average Bonchev–Trinajstić information content (AvgIpc) is 2.40. The number of alkyl halides is 3. The van der Waals surface area contributed by atoms with E-state index in [9.17, 15) is 22.4 Å². The molecule has 0 aliphatic rings. The lowest BCUT2D eigenvalue weighted by Crippen LogP contribution is -2.35. The molecule has 1 aromatic rings. The molecule has 1 unspecified atom stereocenters. The van der Waals surface area contributed by atoms with Gasteiger partial charge in [0.1, 0.15) is 5.82 Å². The van der Waals surface area contributed by atoms with Crippen molar-refractivity contribution in [1.29, 1.82) is 0 Å². The van der Waals surface area contributed by atoms with Gasteiger partial charge in [0, 0.05) is 5.54 Å². The van der Waals surface area contributed by atoms with E-state index in [-0.39, 0.29) is 12.0 Å². The number of hydrogen-bond acceptors (Lipinski definition) is 3. The quantitative estimate of drug-likeness (QED) is 0.513. The molecule has 8 heteroatoms. The minimum atomic E-state index is -5.12. The van der Waals surface area contributed by atoms with Crippen LogP contribution in [0.3, 0.4) is 0 Å². The molecule has 0 amide bonds. The maximum atomic E-state index is 12.7. The van der Waals surface area contributed by atoms with Crippen molar-refractivity contribution in [2.24, 2.45) is 5.73 Å². The van der Waals surface area contributed by atoms with Gasteiger partial charge in [-0.2, -0.15) is 13.2 Å². The SMILES string of the molecule is NC(OC(=O)C(F)(F)F)/C(=C/Cl)CCc1ccc(F)cc1. The first kappa shape index (κ1) is 17.5. The maximum Gasteiger partial charge on any atom is 0.490 e. The Balaban J connectivity index is 2.59. The predicted molar refractivity (Wildman–Crippen MR) is 68.8 cm³/mol. The monoisotopic (exact) mass is 325 g/mol. The lowest BCUT2D eigenvalue weighted by molar-refractivity contribution is -0.203. The summed E-state index contributed by atoms with van der Waals surface area (Å²) >= 11 is 5.48. The van der Waals surface area contributed by atoms with E-state index in [1.165, 1.54) is 24.3 Å². The summed E-state index contributed by atoms with van der Waals surface area (Å²) in [5, 5.41) is 0. The van der Waals surface area contributed by atoms with Gasteiger partial charge in [0.05, 0.1) is 0 Å². The second-order valence-electron chi connectivity index (χ2n) is 4.13. The molecule has 21 heavy (non-hydrogen) atoms. The molecular weight excluding hydrogens is 314 g/mol. The van der Waals surface area contributed by atoms with E-state index in [4.69, 9.17) is 17.3 Å².